The van der Waals surface area contributed by atoms with Crippen LogP contribution < -0.4 is 0 Å². The molecule has 1 saturated heterocycles. The number of rotatable bonds is 2. The molecule has 1 aliphatic carbocycles. The highest BCUT2D eigenvalue weighted by Gasteiger charge is 2.44. The van der Waals surface area contributed by atoms with E-state index in [9.17, 15) is 4.79 Å². The lowest BCUT2D eigenvalue weighted by Gasteiger charge is -2.52. The number of pyridine rings is 1. The molecule has 2 aliphatic rings. The first-order valence-electron chi connectivity index (χ1n) is 9.15. The number of nitrogens with zero attached hydrogens (tertiary/aromatic N) is 5. The molecule has 0 radical (unpaired) electrons. The Morgan fingerprint density at radius 3 is 2.76 bits per heavy atom. The summed E-state index contributed by atoms with van der Waals surface area (Å²) in [5.74, 6) is 0.0593. The fourth-order valence-corrected chi connectivity index (χ4v) is 4.37. The molecule has 4 rings (SSSR count). The van der Waals surface area contributed by atoms with Crippen molar-refractivity contribution in [2.45, 2.75) is 37.6 Å². The van der Waals surface area contributed by atoms with Gasteiger partial charge in [-0.1, -0.05) is 19.3 Å². The van der Waals surface area contributed by atoms with Crippen molar-refractivity contribution in [3.8, 4) is 5.69 Å². The van der Waals surface area contributed by atoms with Gasteiger partial charge in [0, 0.05) is 38.2 Å². The molecule has 25 heavy (non-hydrogen) atoms. The first kappa shape index (κ1) is 16.3. The van der Waals surface area contributed by atoms with Crippen molar-refractivity contribution in [1.82, 2.24) is 24.6 Å². The topological polar surface area (TPSA) is 54.3 Å². The van der Waals surface area contributed by atoms with Crippen molar-refractivity contribution in [3.05, 3.63) is 42.5 Å². The summed E-state index contributed by atoms with van der Waals surface area (Å²) < 4.78 is 1.76. The maximum Gasteiger partial charge on any atom is 0.273 e. The van der Waals surface area contributed by atoms with Crippen molar-refractivity contribution in [2.75, 3.05) is 26.7 Å². The molecule has 0 bridgehead atoms. The summed E-state index contributed by atoms with van der Waals surface area (Å²) in [7, 11) is 2.16. The zero-order valence-corrected chi connectivity index (χ0v) is 14.8. The minimum atomic E-state index is -0.0221. The summed E-state index contributed by atoms with van der Waals surface area (Å²) in [6.45, 7) is 2.67. The third kappa shape index (κ3) is 3.06. The van der Waals surface area contributed by atoms with Gasteiger partial charge in [-0.05, 0) is 38.1 Å². The number of carbonyl (C=O) groups excluding carboxylic acids is 1. The van der Waals surface area contributed by atoms with Crippen LogP contribution in [0.15, 0.2) is 36.8 Å². The molecule has 6 heteroatoms. The van der Waals surface area contributed by atoms with Crippen LogP contribution in [-0.2, 0) is 0 Å². The van der Waals surface area contributed by atoms with E-state index in [0.717, 1.165) is 38.2 Å². The molecular formula is C19H25N5O. The number of amides is 1. The quantitative estimate of drug-likeness (QED) is 0.843. The van der Waals surface area contributed by atoms with Crippen molar-refractivity contribution in [2.24, 2.45) is 0 Å². The van der Waals surface area contributed by atoms with Crippen molar-refractivity contribution < 1.29 is 4.79 Å². The SMILES string of the molecule is CN1CCN(C(=O)c2cc(-n3cccn3)ccn2)C2(CCCCC2)C1. The van der Waals surface area contributed by atoms with Crippen LogP contribution in [0, 0.1) is 0 Å². The lowest BCUT2D eigenvalue weighted by atomic mass is 9.78. The molecule has 3 heterocycles. The van der Waals surface area contributed by atoms with E-state index >= 15 is 0 Å². The third-order valence-corrected chi connectivity index (χ3v) is 5.60. The van der Waals surface area contributed by atoms with E-state index in [1.54, 1.807) is 17.1 Å². The van der Waals surface area contributed by atoms with Gasteiger partial charge >= 0.3 is 0 Å². The van der Waals surface area contributed by atoms with Gasteiger partial charge in [0.25, 0.3) is 5.91 Å². The lowest BCUT2D eigenvalue weighted by Crippen LogP contribution is -2.63. The van der Waals surface area contributed by atoms with Crippen LogP contribution in [0.2, 0.25) is 0 Å². The van der Waals surface area contributed by atoms with Crippen LogP contribution in [0.25, 0.3) is 5.69 Å². The Bertz CT molecular complexity index is 736. The molecule has 0 atom stereocenters. The van der Waals surface area contributed by atoms with Gasteiger partial charge in [-0.25, -0.2) is 4.68 Å². The number of hydrogen-bond acceptors (Lipinski definition) is 4. The molecule has 6 nitrogen and oxygen atoms in total. The van der Waals surface area contributed by atoms with E-state index in [0.29, 0.717) is 5.69 Å². The maximum absolute atomic E-state index is 13.3. The van der Waals surface area contributed by atoms with E-state index < -0.39 is 0 Å². The largest absolute Gasteiger partial charge is 0.329 e. The average Bonchev–Trinajstić information content (AvgIpc) is 3.17. The van der Waals surface area contributed by atoms with E-state index in [4.69, 9.17) is 0 Å². The average molecular weight is 339 g/mol. The van der Waals surface area contributed by atoms with Gasteiger partial charge in [-0.3, -0.25) is 9.78 Å². The van der Waals surface area contributed by atoms with Gasteiger partial charge < -0.3 is 9.80 Å². The normalized spacial score (nSPS) is 20.8. The van der Waals surface area contributed by atoms with Crippen LogP contribution >= 0.6 is 0 Å². The highest BCUT2D eigenvalue weighted by molar-refractivity contribution is 5.93. The number of likely N-dealkylation sites (N-methyl/N-ethyl adjacent to an activating group) is 1. The Balaban J connectivity index is 1.64. The number of aromatic nitrogens is 3. The van der Waals surface area contributed by atoms with Gasteiger partial charge in [-0.15, -0.1) is 0 Å². The third-order valence-electron chi connectivity index (χ3n) is 5.60. The number of hydrogen-bond donors (Lipinski definition) is 0. The number of piperazine rings is 1. The monoisotopic (exact) mass is 339 g/mol. The molecule has 1 aliphatic heterocycles. The standard InChI is InChI=1S/C19H25N5O/c1-22-12-13-23(19(15-22)7-3-2-4-8-19)18(25)17-14-16(6-10-20-17)24-11-5-9-21-24/h5-6,9-11,14H,2-4,7-8,12-13,15H2,1H3. The molecule has 132 valence electrons. The van der Waals surface area contributed by atoms with Gasteiger partial charge in [0.15, 0.2) is 0 Å². The van der Waals surface area contributed by atoms with Crippen LogP contribution in [0.4, 0.5) is 0 Å². The second-order valence-electron chi connectivity index (χ2n) is 7.33. The molecule has 0 N–H and O–H groups in total. The second-order valence-corrected chi connectivity index (χ2v) is 7.33. The molecule has 2 aromatic heterocycles. The summed E-state index contributed by atoms with van der Waals surface area (Å²) in [6, 6.07) is 5.60. The molecule has 2 aromatic rings. The zero-order valence-electron chi connectivity index (χ0n) is 14.8. The van der Waals surface area contributed by atoms with Crippen molar-refractivity contribution in [3.63, 3.8) is 0 Å². The van der Waals surface area contributed by atoms with Crippen molar-refractivity contribution in [1.29, 1.82) is 0 Å². The summed E-state index contributed by atoms with van der Waals surface area (Å²) >= 11 is 0. The summed E-state index contributed by atoms with van der Waals surface area (Å²) in [6.07, 6.45) is 11.2. The van der Waals surface area contributed by atoms with Crippen LogP contribution in [0.1, 0.15) is 42.6 Å². The van der Waals surface area contributed by atoms with Crippen molar-refractivity contribution >= 4 is 5.91 Å². The molecular weight excluding hydrogens is 314 g/mol. The minimum absolute atomic E-state index is 0.0221. The highest BCUT2D eigenvalue weighted by atomic mass is 16.2. The summed E-state index contributed by atoms with van der Waals surface area (Å²) in [5, 5.41) is 4.25. The predicted octanol–water partition coefficient (Wildman–Crippen LogP) is 2.36. The Morgan fingerprint density at radius 2 is 2.00 bits per heavy atom. The smallest absolute Gasteiger partial charge is 0.273 e. The molecule has 1 amide bonds. The summed E-state index contributed by atoms with van der Waals surface area (Å²) in [5.41, 5.74) is 1.36. The van der Waals surface area contributed by atoms with Crippen LogP contribution in [-0.4, -0.2) is 62.7 Å². The minimum Gasteiger partial charge on any atom is -0.329 e. The van der Waals surface area contributed by atoms with E-state index in [1.807, 2.05) is 24.4 Å². The van der Waals surface area contributed by atoms with Gasteiger partial charge in [-0.2, -0.15) is 5.10 Å². The second kappa shape index (κ2) is 6.59. The molecule has 2 fully saturated rings. The molecule has 1 saturated carbocycles. The van der Waals surface area contributed by atoms with E-state index in [-0.39, 0.29) is 11.4 Å². The highest BCUT2D eigenvalue weighted by Crippen LogP contribution is 2.37. The zero-order chi connectivity index (χ0) is 17.3. The Hall–Kier alpha value is -2.21. The first-order chi connectivity index (χ1) is 12.2. The fourth-order valence-electron chi connectivity index (χ4n) is 4.37. The predicted molar refractivity (Wildman–Crippen MR) is 95.7 cm³/mol. The maximum atomic E-state index is 13.3. The van der Waals surface area contributed by atoms with E-state index in [1.165, 1.54) is 19.3 Å². The Kier molecular flexibility index (Phi) is 4.29. The number of carbonyl (C=O) groups is 1. The van der Waals surface area contributed by atoms with E-state index in [2.05, 4.69) is 26.9 Å². The van der Waals surface area contributed by atoms with Gasteiger partial charge in [0.2, 0.25) is 0 Å². The molecule has 1 spiro atoms. The molecule has 0 aromatic carbocycles. The van der Waals surface area contributed by atoms with Gasteiger partial charge in [0.1, 0.15) is 5.69 Å². The van der Waals surface area contributed by atoms with Gasteiger partial charge in [0.05, 0.1) is 11.2 Å². The Morgan fingerprint density at radius 1 is 1.16 bits per heavy atom. The lowest BCUT2D eigenvalue weighted by molar-refractivity contribution is -0.00816. The van der Waals surface area contributed by atoms with Crippen LogP contribution in [0.3, 0.4) is 0 Å². The summed E-state index contributed by atoms with van der Waals surface area (Å²) in [4.78, 5) is 22.2. The molecule has 0 unspecified atom stereocenters. The fraction of sp³-hybridized carbons (Fsp3) is 0.526. The first-order valence-corrected chi connectivity index (χ1v) is 9.15. The van der Waals surface area contributed by atoms with Crippen LogP contribution in [0.5, 0.6) is 0 Å². The Labute approximate surface area is 148 Å².